The molecule has 2 N–H and O–H groups in total. The molecule has 37 heavy (non-hydrogen) atoms. The van der Waals surface area contributed by atoms with Gasteiger partial charge in [0.25, 0.3) is 11.8 Å². The fraction of sp³-hybridized carbons (Fsp3) is 0.423. The molecule has 0 saturated heterocycles. The molecule has 0 spiro atoms. The number of carbonyl (C=O) groups is 4. The van der Waals surface area contributed by atoms with E-state index in [4.69, 9.17) is 4.74 Å². The minimum atomic E-state index is -0.352. The molecule has 0 saturated carbocycles. The van der Waals surface area contributed by atoms with Gasteiger partial charge >= 0.3 is 5.97 Å². The summed E-state index contributed by atoms with van der Waals surface area (Å²) in [5, 5.41) is 8.14. The highest BCUT2D eigenvalue weighted by Crippen LogP contribution is 2.24. The standard InChI is InChI=1S/C26H32N6O5/c1-4-37-23(34)11-13-30(2)22(33)10-12-31(3)26(36)24-18-16-32(14-9-20(18)28-29-24)25(35)21-15-17-7-5-6-8-19(17)27-21/h5-8,15,27H,4,9-14,16H2,1-3H3,(H,28,29). The van der Waals surface area contributed by atoms with E-state index in [1.165, 1.54) is 9.80 Å². The van der Waals surface area contributed by atoms with Gasteiger partial charge in [0.2, 0.25) is 5.91 Å². The molecule has 3 amide bonds. The second-order valence-electron chi connectivity index (χ2n) is 9.12. The van der Waals surface area contributed by atoms with Crippen LogP contribution in [0.1, 0.15) is 52.0 Å². The Morgan fingerprint density at radius 3 is 2.59 bits per heavy atom. The third-order valence-electron chi connectivity index (χ3n) is 6.57. The topological polar surface area (TPSA) is 132 Å². The van der Waals surface area contributed by atoms with Crippen molar-refractivity contribution in [3.8, 4) is 0 Å². The molecule has 1 aromatic carbocycles. The molecule has 196 valence electrons. The van der Waals surface area contributed by atoms with Gasteiger partial charge in [-0.1, -0.05) is 18.2 Å². The number of fused-ring (bicyclic) bond motifs is 2. The van der Waals surface area contributed by atoms with Crippen molar-refractivity contribution in [2.24, 2.45) is 0 Å². The van der Waals surface area contributed by atoms with Crippen LogP contribution in [0.25, 0.3) is 10.9 Å². The Morgan fingerprint density at radius 1 is 1.08 bits per heavy atom. The zero-order valence-corrected chi connectivity index (χ0v) is 21.4. The molecule has 0 aliphatic carbocycles. The third-order valence-corrected chi connectivity index (χ3v) is 6.57. The Bertz CT molecular complexity index is 1280. The van der Waals surface area contributed by atoms with Crippen molar-refractivity contribution in [3.05, 3.63) is 53.0 Å². The van der Waals surface area contributed by atoms with E-state index >= 15 is 0 Å². The first kappa shape index (κ1) is 25.9. The molecule has 11 heteroatoms. The van der Waals surface area contributed by atoms with Crippen LogP contribution in [-0.4, -0.2) is 93.9 Å². The highest BCUT2D eigenvalue weighted by molar-refractivity contribution is 5.98. The molecule has 3 heterocycles. The van der Waals surface area contributed by atoms with Crippen LogP contribution in [0.15, 0.2) is 30.3 Å². The predicted molar refractivity (Wildman–Crippen MR) is 136 cm³/mol. The lowest BCUT2D eigenvalue weighted by molar-refractivity contribution is -0.143. The molecule has 1 aliphatic heterocycles. The van der Waals surface area contributed by atoms with Crippen LogP contribution in [0.2, 0.25) is 0 Å². The van der Waals surface area contributed by atoms with Crippen molar-refractivity contribution in [1.82, 2.24) is 29.9 Å². The number of carbonyl (C=O) groups excluding carboxylic acids is 4. The minimum Gasteiger partial charge on any atom is -0.466 e. The molecule has 0 unspecified atom stereocenters. The number of rotatable bonds is 9. The highest BCUT2D eigenvalue weighted by atomic mass is 16.5. The summed E-state index contributed by atoms with van der Waals surface area (Å²) < 4.78 is 4.88. The molecule has 2 aromatic heterocycles. The van der Waals surface area contributed by atoms with Gasteiger partial charge in [0, 0.05) is 68.7 Å². The van der Waals surface area contributed by atoms with E-state index in [0.717, 1.165) is 16.6 Å². The molecule has 0 bridgehead atoms. The quantitative estimate of drug-likeness (QED) is 0.425. The number of aromatic nitrogens is 3. The van der Waals surface area contributed by atoms with E-state index in [1.807, 2.05) is 30.3 Å². The lowest BCUT2D eigenvalue weighted by Gasteiger charge is -2.27. The van der Waals surface area contributed by atoms with E-state index in [2.05, 4.69) is 15.2 Å². The fourth-order valence-electron chi connectivity index (χ4n) is 4.36. The molecule has 3 aromatic rings. The summed E-state index contributed by atoms with van der Waals surface area (Å²) in [6.45, 7) is 3.26. The predicted octanol–water partition coefficient (Wildman–Crippen LogP) is 1.96. The van der Waals surface area contributed by atoms with E-state index in [1.54, 1.807) is 25.9 Å². The summed E-state index contributed by atoms with van der Waals surface area (Å²) in [6, 6.07) is 9.54. The van der Waals surface area contributed by atoms with Crippen LogP contribution in [0.5, 0.6) is 0 Å². The maximum Gasteiger partial charge on any atom is 0.307 e. The molecule has 1 aliphatic rings. The zero-order valence-electron chi connectivity index (χ0n) is 21.4. The van der Waals surface area contributed by atoms with Crippen LogP contribution in [0.3, 0.4) is 0 Å². The number of para-hydroxylation sites is 1. The Kier molecular flexibility index (Phi) is 7.90. The first-order valence-corrected chi connectivity index (χ1v) is 12.4. The number of aromatic amines is 2. The van der Waals surface area contributed by atoms with Gasteiger partial charge in [-0.2, -0.15) is 5.10 Å². The van der Waals surface area contributed by atoms with Gasteiger partial charge in [-0.3, -0.25) is 24.3 Å². The smallest absolute Gasteiger partial charge is 0.307 e. The second-order valence-corrected chi connectivity index (χ2v) is 9.12. The Labute approximate surface area is 214 Å². The van der Waals surface area contributed by atoms with Gasteiger partial charge in [-0.05, 0) is 19.1 Å². The molecule has 11 nitrogen and oxygen atoms in total. The number of esters is 1. The van der Waals surface area contributed by atoms with E-state index in [0.29, 0.717) is 30.8 Å². The largest absolute Gasteiger partial charge is 0.466 e. The number of ether oxygens (including phenoxy) is 1. The zero-order chi connectivity index (χ0) is 26.5. The summed E-state index contributed by atoms with van der Waals surface area (Å²) in [5.41, 5.74) is 3.20. The number of nitrogens with zero attached hydrogens (tertiary/aromatic N) is 4. The second kappa shape index (κ2) is 11.3. The molecule has 0 fully saturated rings. The lowest BCUT2D eigenvalue weighted by atomic mass is 10.0. The number of H-pyrrole nitrogens is 2. The van der Waals surface area contributed by atoms with Gasteiger partial charge in [0.1, 0.15) is 5.69 Å². The first-order valence-electron chi connectivity index (χ1n) is 12.4. The van der Waals surface area contributed by atoms with Gasteiger partial charge < -0.3 is 24.4 Å². The Morgan fingerprint density at radius 2 is 1.84 bits per heavy atom. The van der Waals surface area contributed by atoms with Gasteiger partial charge in [0.15, 0.2) is 5.69 Å². The summed E-state index contributed by atoms with van der Waals surface area (Å²) in [6.07, 6.45) is 0.798. The molecule has 0 radical (unpaired) electrons. The van der Waals surface area contributed by atoms with Crippen LogP contribution in [0, 0.1) is 0 Å². The Balaban J connectivity index is 1.35. The third kappa shape index (κ3) is 5.82. The van der Waals surface area contributed by atoms with Crippen molar-refractivity contribution in [3.63, 3.8) is 0 Å². The molecule has 4 rings (SSSR count). The fourth-order valence-corrected chi connectivity index (χ4v) is 4.36. The van der Waals surface area contributed by atoms with E-state index in [-0.39, 0.29) is 61.9 Å². The Hall–Kier alpha value is -4.15. The maximum atomic E-state index is 13.2. The van der Waals surface area contributed by atoms with Crippen LogP contribution < -0.4 is 0 Å². The van der Waals surface area contributed by atoms with E-state index < -0.39 is 0 Å². The normalized spacial score (nSPS) is 12.8. The van der Waals surface area contributed by atoms with Crippen molar-refractivity contribution < 1.29 is 23.9 Å². The molecule has 0 atom stereocenters. The van der Waals surface area contributed by atoms with Gasteiger partial charge in [-0.15, -0.1) is 0 Å². The van der Waals surface area contributed by atoms with E-state index in [9.17, 15) is 19.2 Å². The van der Waals surface area contributed by atoms with Gasteiger partial charge in [-0.25, -0.2) is 0 Å². The number of hydrogen-bond acceptors (Lipinski definition) is 6. The van der Waals surface area contributed by atoms with Crippen LogP contribution >= 0.6 is 0 Å². The number of benzene rings is 1. The minimum absolute atomic E-state index is 0.110. The number of nitrogens with one attached hydrogen (secondary N) is 2. The van der Waals surface area contributed by atoms with Crippen molar-refractivity contribution in [1.29, 1.82) is 0 Å². The number of hydrogen-bond donors (Lipinski definition) is 2. The average molecular weight is 509 g/mol. The number of amides is 3. The molecular formula is C26H32N6O5. The lowest BCUT2D eigenvalue weighted by Crippen LogP contribution is -2.38. The van der Waals surface area contributed by atoms with Crippen LogP contribution in [0.4, 0.5) is 0 Å². The summed E-state index contributed by atoms with van der Waals surface area (Å²) in [5.74, 6) is -0.983. The average Bonchev–Trinajstić information content (AvgIpc) is 3.53. The SMILES string of the molecule is CCOC(=O)CCN(C)C(=O)CCN(C)C(=O)c1n[nH]c2c1CN(C(=O)c1cc3ccccc3[nH]1)CC2. The summed E-state index contributed by atoms with van der Waals surface area (Å²) in [4.78, 5) is 58.1. The van der Waals surface area contributed by atoms with Gasteiger partial charge in [0.05, 0.1) is 19.6 Å². The summed E-state index contributed by atoms with van der Waals surface area (Å²) in [7, 11) is 3.23. The van der Waals surface area contributed by atoms with Crippen molar-refractivity contribution in [2.45, 2.75) is 32.7 Å². The maximum absolute atomic E-state index is 13.2. The first-order chi connectivity index (χ1) is 17.8. The highest BCUT2D eigenvalue weighted by Gasteiger charge is 2.30. The van der Waals surface area contributed by atoms with Crippen molar-refractivity contribution >= 4 is 34.6 Å². The van der Waals surface area contributed by atoms with Crippen LogP contribution in [-0.2, 0) is 27.3 Å². The monoisotopic (exact) mass is 508 g/mol. The molecular weight excluding hydrogens is 476 g/mol. The van der Waals surface area contributed by atoms with Crippen molar-refractivity contribution in [2.75, 3.05) is 40.3 Å². The summed E-state index contributed by atoms with van der Waals surface area (Å²) >= 11 is 0.